The number of aliphatic hydroxyl groups is 1. The van der Waals surface area contributed by atoms with E-state index >= 15 is 0 Å². The zero-order chi connectivity index (χ0) is 19.2. The molecule has 0 spiro atoms. The van der Waals surface area contributed by atoms with Crippen LogP contribution in [-0.2, 0) is 0 Å². The average Bonchev–Trinajstić information content (AvgIpc) is 2.65. The molecule has 3 N–H and O–H groups in total. The molecule has 0 saturated heterocycles. The second kappa shape index (κ2) is 8.79. The van der Waals surface area contributed by atoms with Crippen molar-refractivity contribution in [2.75, 3.05) is 10.6 Å². The number of pyridine rings is 1. The molecule has 2 aromatic heterocycles. The largest absolute Gasteiger partial charge is 0.471 e. The Balaban J connectivity index is 1.74. The summed E-state index contributed by atoms with van der Waals surface area (Å²) in [6.07, 6.45) is 2.33. The normalized spacial score (nSPS) is 12.9. The summed E-state index contributed by atoms with van der Waals surface area (Å²) in [7, 11) is 0. The standard InChI is InChI=1S/C19H20BrN5O2/c1-12(26)13(2)27-18-16(20)11-22-19(25-18)24-15-7-5-6-14(10-15)23-17-8-3-4-9-21-17/h3-13,26H,1-2H3,(H,21,23)(H,22,24,25)/t12-,13-/m1/s1. The topological polar surface area (TPSA) is 92.2 Å². The molecule has 0 amide bonds. The Morgan fingerprint density at radius 1 is 1.04 bits per heavy atom. The monoisotopic (exact) mass is 429 g/mol. The van der Waals surface area contributed by atoms with Crippen LogP contribution in [0.25, 0.3) is 0 Å². The van der Waals surface area contributed by atoms with Crippen molar-refractivity contribution in [1.29, 1.82) is 0 Å². The first-order valence-corrected chi connectivity index (χ1v) is 9.23. The minimum atomic E-state index is -0.613. The second-order valence-corrected chi connectivity index (χ2v) is 6.81. The molecule has 27 heavy (non-hydrogen) atoms. The molecule has 0 aliphatic carbocycles. The van der Waals surface area contributed by atoms with Gasteiger partial charge in [-0.1, -0.05) is 12.1 Å². The zero-order valence-electron chi connectivity index (χ0n) is 14.9. The molecule has 3 aromatic rings. The highest BCUT2D eigenvalue weighted by Crippen LogP contribution is 2.26. The van der Waals surface area contributed by atoms with Gasteiger partial charge in [-0.2, -0.15) is 4.98 Å². The Kier molecular flexibility index (Phi) is 6.20. The van der Waals surface area contributed by atoms with E-state index in [9.17, 15) is 5.11 Å². The third-order valence-corrected chi connectivity index (χ3v) is 4.29. The van der Waals surface area contributed by atoms with Crippen molar-refractivity contribution in [1.82, 2.24) is 15.0 Å². The van der Waals surface area contributed by atoms with E-state index in [1.807, 2.05) is 42.5 Å². The van der Waals surface area contributed by atoms with Crippen molar-refractivity contribution in [3.05, 3.63) is 59.3 Å². The van der Waals surface area contributed by atoms with E-state index in [1.165, 1.54) is 0 Å². The summed E-state index contributed by atoms with van der Waals surface area (Å²) in [4.78, 5) is 12.9. The molecule has 7 nitrogen and oxygen atoms in total. The minimum Gasteiger partial charge on any atom is -0.471 e. The van der Waals surface area contributed by atoms with Crippen molar-refractivity contribution in [2.45, 2.75) is 26.1 Å². The van der Waals surface area contributed by atoms with Gasteiger partial charge in [-0.15, -0.1) is 0 Å². The van der Waals surface area contributed by atoms with Crippen molar-refractivity contribution in [2.24, 2.45) is 0 Å². The first-order chi connectivity index (χ1) is 13.0. The lowest BCUT2D eigenvalue weighted by Gasteiger charge is -2.17. The number of halogens is 1. The Labute approximate surface area is 166 Å². The molecule has 0 fully saturated rings. The Morgan fingerprint density at radius 3 is 2.52 bits per heavy atom. The number of aromatic nitrogens is 3. The highest BCUT2D eigenvalue weighted by atomic mass is 79.9. The SMILES string of the molecule is C[C@@H](O)[C@@H](C)Oc1nc(Nc2cccc(Nc3ccccn3)c2)ncc1Br. The predicted octanol–water partition coefficient (Wildman–Crippen LogP) is 4.27. The van der Waals surface area contributed by atoms with Crippen LogP contribution in [0.1, 0.15) is 13.8 Å². The number of rotatable bonds is 7. The molecule has 1 aromatic carbocycles. The van der Waals surface area contributed by atoms with E-state index < -0.39 is 12.2 Å². The maximum atomic E-state index is 9.62. The van der Waals surface area contributed by atoms with Gasteiger partial charge in [0, 0.05) is 17.6 Å². The number of benzene rings is 1. The number of nitrogens with one attached hydrogen (secondary N) is 2. The predicted molar refractivity (Wildman–Crippen MR) is 109 cm³/mol. The summed E-state index contributed by atoms with van der Waals surface area (Å²) in [5, 5.41) is 16.0. The maximum absolute atomic E-state index is 9.62. The fourth-order valence-corrected chi connectivity index (χ4v) is 2.44. The number of hydrogen-bond acceptors (Lipinski definition) is 7. The molecule has 2 heterocycles. The maximum Gasteiger partial charge on any atom is 0.233 e. The second-order valence-electron chi connectivity index (χ2n) is 5.96. The fourth-order valence-electron chi connectivity index (χ4n) is 2.16. The van der Waals surface area contributed by atoms with Crippen LogP contribution < -0.4 is 15.4 Å². The van der Waals surface area contributed by atoms with E-state index in [1.54, 1.807) is 26.2 Å². The third-order valence-electron chi connectivity index (χ3n) is 3.74. The number of anilines is 4. The van der Waals surface area contributed by atoms with E-state index in [4.69, 9.17) is 4.74 Å². The lowest BCUT2D eigenvalue weighted by atomic mass is 10.2. The van der Waals surface area contributed by atoms with Crippen LogP contribution in [0.5, 0.6) is 5.88 Å². The van der Waals surface area contributed by atoms with Gasteiger partial charge in [0.15, 0.2) is 0 Å². The average molecular weight is 430 g/mol. The van der Waals surface area contributed by atoms with Crippen LogP contribution in [-0.4, -0.2) is 32.3 Å². The van der Waals surface area contributed by atoms with Crippen LogP contribution in [0.15, 0.2) is 59.3 Å². The summed E-state index contributed by atoms with van der Waals surface area (Å²) in [6, 6.07) is 13.4. The van der Waals surface area contributed by atoms with Gasteiger partial charge < -0.3 is 20.5 Å². The lowest BCUT2D eigenvalue weighted by molar-refractivity contribution is 0.0569. The number of nitrogens with zero attached hydrogens (tertiary/aromatic N) is 3. The van der Waals surface area contributed by atoms with Crippen molar-refractivity contribution >= 4 is 39.1 Å². The highest BCUT2D eigenvalue weighted by Gasteiger charge is 2.14. The fraction of sp³-hybridized carbons (Fsp3) is 0.211. The van der Waals surface area contributed by atoms with Gasteiger partial charge in [0.1, 0.15) is 11.9 Å². The number of hydrogen-bond donors (Lipinski definition) is 3. The van der Waals surface area contributed by atoms with Crippen molar-refractivity contribution in [3.8, 4) is 5.88 Å². The van der Waals surface area contributed by atoms with Crippen LogP contribution in [0, 0.1) is 0 Å². The summed E-state index contributed by atoms with van der Waals surface area (Å²) in [5.41, 5.74) is 1.70. The van der Waals surface area contributed by atoms with Crippen LogP contribution in [0.2, 0.25) is 0 Å². The molecule has 0 saturated carbocycles. The Hall–Kier alpha value is -2.71. The van der Waals surface area contributed by atoms with Gasteiger partial charge in [0.05, 0.1) is 16.8 Å². The number of aliphatic hydroxyl groups excluding tert-OH is 1. The summed E-state index contributed by atoms with van der Waals surface area (Å²) < 4.78 is 6.30. The summed E-state index contributed by atoms with van der Waals surface area (Å²) in [6.45, 7) is 3.44. The zero-order valence-corrected chi connectivity index (χ0v) is 16.5. The summed E-state index contributed by atoms with van der Waals surface area (Å²) in [5.74, 6) is 1.52. The molecular formula is C19H20BrN5O2. The van der Waals surface area contributed by atoms with Gasteiger partial charge in [-0.05, 0) is 60.1 Å². The molecule has 0 aliphatic rings. The molecule has 0 unspecified atom stereocenters. The molecule has 0 aliphatic heterocycles. The van der Waals surface area contributed by atoms with Gasteiger partial charge in [0.2, 0.25) is 11.8 Å². The molecule has 0 radical (unpaired) electrons. The Bertz CT molecular complexity index is 892. The van der Waals surface area contributed by atoms with Crippen LogP contribution in [0.3, 0.4) is 0 Å². The lowest BCUT2D eigenvalue weighted by Crippen LogP contribution is -2.26. The van der Waals surface area contributed by atoms with E-state index in [-0.39, 0.29) is 0 Å². The summed E-state index contributed by atoms with van der Waals surface area (Å²) >= 11 is 3.37. The molecule has 3 rings (SSSR count). The van der Waals surface area contributed by atoms with Crippen LogP contribution in [0.4, 0.5) is 23.1 Å². The van der Waals surface area contributed by atoms with Gasteiger partial charge >= 0.3 is 0 Å². The molecular weight excluding hydrogens is 410 g/mol. The van der Waals surface area contributed by atoms with Crippen molar-refractivity contribution in [3.63, 3.8) is 0 Å². The van der Waals surface area contributed by atoms with E-state index in [0.29, 0.717) is 16.3 Å². The van der Waals surface area contributed by atoms with Gasteiger partial charge in [0.25, 0.3) is 0 Å². The molecule has 2 atom stereocenters. The highest BCUT2D eigenvalue weighted by molar-refractivity contribution is 9.10. The number of ether oxygens (including phenoxy) is 1. The third kappa shape index (κ3) is 5.38. The molecule has 8 heteroatoms. The first-order valence-electron chi connectivity index (χ1n) is 8.43. The first kappa shape index (κ1) is 19.1. The van der Waals surface area contributed by atoms with E-state index in [0.717, 1.165) is 17.2 Å². The smallest absolute Gasteiger partial charge is 0.233 e. The van der Waals surface area contributed by atoms with Crippen molar-refractivity contribution < 1.29 is 9.84 Å². The Morgan fingerprint density at radius 2 is 1.81 bits per heavy atom. The van der Waals surface area contributed by atoms with Gasteiger partial charge in [-0.3, -0.25) is 0 Å². The molecule has 140 valence electrons. The van der Waals surface area contributed by atoms with Gasteiger partial charge in [-0.25, -0.2) is 9.97 Å². The van der Waals surface area contributed by atoms with E-state index in [2.05, 4.69) is 41.5 Å². The quantitative estimate of drug-likeness (QED) is 0.516. The molecule has 0 bridgehead atoms. The minimum absolute atomic E-state index is 0.365. The van der Waals surface area contributed by atoms with Crippen LogP contribution >= 0.6 is 15.9 Å².